The second-order valence-corrected chi connectivity index (χ2v) is 9.75. The van der Waals surface area contributed by atoms with Gasteiger partial charge in [0.15, 0.2) is 0 Å². The van der Waals surface area contributed by atoms with Crippen LogP contribution < -0.4 is 0 Å². The zero-order chi connectivity index (χ0) is 31.0. The first-order chi connectivity index (χ1) is 20.4. The Hall–Kier alpha value is -1.17. The predicted molar refractivity (Wildman–Crippen MR) is 154 cm³/mol. The Balaban J connectivity index is 3.15. The first-order valence-corrected chi connectivity index (χ1v) is 14.7. The Morgan fingerprint density at radius 1 is 0.476 bits per heavy atom. The van der Waals surface area contributed by atoms with Gasteiger partial charge in [0.1, 0.15) is 5.60 Å². The highest BCUT2D eigenvalue weighted by Gasteiger charge is 2.19. The van der Waals surface area contributed by atoms with Crippen LogP contribution in [0.25, 0.3) is 0 Å². The van der Waals surface area contributed by atoms with Gasteiger partial charge >= 0.3 is 6.09 Å². The summed E-state index contributed by atoms with van der Waals surface area (Å²) in [5, 5.41) is 8.57. The van der Waals surface area contributed by atoms with Crippen molar-refractivity contribution in [1.82, 2.24) is 4.90 Å². The van der Waals surface area contributed by atoms with E-state index >= 15 is 0 Å². The fraction of sp³-hybridized carbons (Fsp3) is 0.964. The van der Waals surface area contributed by atoms with Gasteiger partial charge in [-0.2, -0.15) is 0 Å². The third-order valence-corrected chi connectivity index (χ3v) is 4.86. The van der Waals surface area contributed by atoms with E-state index in [9.17, 15) is 4.79 Å². The van der Waals surface area contributed by atoms with Gasteiger partial charge in [0, 0.05) is 13.6 Å². The number of hydrogen-bond acceptors (Lipinski definition) is 13. The van der Waals surface area contributed by atoms with Gasteiger partial charge in [0.2, 0.25) is 0 Å². The summed E-state index contributed by atoms with van der Waals surface area (Å²) in [6.45, 7) is 15.5. The molecule has 0 aromatic carbocycles. The van der Waals surface area contributed by atoms with Gasteiger partial charge in [-0.25, -0.2) is 4.79 Å². The molecule has 0 atom stereocenters. The van der Waals surface area contributed by atoms with E-state index in [4.69, 9.17) is 57.2 Å². The maximum Gasteiger partial charge on any atom is 0.410 e. The average molecular weight is 616 g/mol. The van der Waals surface area contributed by atoms with Crippen molar-refractivity contribution in [2.24, 2.45) is 0 Å². The van der Waals surface area contributed by atoms with Crippen LogP contribution in [0, 0.1) is 0 Å². The molecule has 1 amide bonds. The van der Waals surface area contributed by atoms with Crippen molar-refractivity contribution >= 4 is 6.09 Å². The topological polar surface area (TPSA) is 142 Å². The summed E-state index contributed by atoms with van der Waals surface area (Å²) in [5.41, 5.74) is -0.509. The number of carbonyl (C=O) groups excluding carboxylic acids is 1. The van der Waals surface area contributed by atoms with Crippen molar-refractivity contribution < 1.29 is 62.0 Å². The molecular formula is C28H57NO13. The van der Waals surface area contributed by atoms with Crippen LogP contribution in [-0.4, -0.2) is 174 Å². The van der Waals surface area contributed by atoms with Crippen molar-refractivity contribution in [2.45, 2.75) is 26.4 Å². The van der Waals surface area contributed by atoms with Crippen LogP contribution >= 0.6 is 0 Å². The Morgan fingerprint density at radius 2 is 0.714 bits per heavy atom. The van der Waals surface area contributed by atoms with Crippen LogP contribution in [-0.2, 0) is 52.1 Å². The number of carbonyl (C=O) groups is 1. The van der Waals surface area contributed by atoms with E-state index in [1.165, 1.54) is 4.90 Å². The number of hydrogen-bond donors (Lipinski definition) is 1. The number of amides is 1. The van der Waals surface area contributed by atoms with E-state index in [2.05, 4.69) is 0 Å². The Bertz CT molecular complexity index is 566. The highest BCUT2D eigenvalue weighted by Crippen LogP contribution is 2.08. The summed E-state index contributed by atoms with van der Waals surface area (Å²) in [6.07, 6.45) is -0.365. The first-order valence-electron chi connectivity index (χ1n) is 14.7. The van der Waals surface area contributed by atoms with Crippen molar-refractivity contribution in [3.05, 3.63) is 0 Å². The van der Waals surface area contributed by atoms with E-state index in [0.29, 0.717) is 139 Å². The molecule has 0 unspecified atom stereocenters. The summed E-state index contributed by atoms with van der Waals surface area (Å²) in [5.74, 6) is 0. The summed E-state index contributed by atoms with van der Waals surface area (Å²) >= 11 is 0. The van der Waals surface area contributed by atoms with Crippen molar-refractivity contribution in [2.75, 3.05) is 152 Å². The number of aliphatic hydroxyl groups is 1. The van der Waals surface area contributed by atoms with Gasteiger partial charge in [-0.05, 0) is 20.8 Å². The minimum Gasteiger partial charge on any atom is -0.444 e. The van der Waals surface area contributed by atoms with Gasteiger partial charge in [-0.1, -0.05) is 0 Å². The highest BCUT2D eigenvalue weighted by atomic mass is 16.6. The van der Waals surface area contributed by atoms with Crippen molar-refractivity contribution in [1.29, 1.82) is 0 Å². The summed E-state index contributed by atoms with van der Waals surface area (Å²) in [7, 11) is 1.68. The fourth-order valence-electron chi connectivity index (χ4n) is 2.78. The van der Waals surface area contributed by atoms with Gasteiger partial charge in [-0.15, -0.1) is 0 Å². The lowest BCUT2D eigenvalue weighted by Gasteiger charge is -2.24. The molecular weight excluding hydrogens is 558 g/mol. The van der Waals surface area contributed by atoms with E-state index in [1.54, 1.807) is 7.05 Å². The van der Waals surface area contributed by atoms with Crippen molar-refractivity contribution in [3.8, 4) is 0 Å². The second kappa shape index (κ2) is 31.3. The van der Waals surface area contributed by atoms with Crippen LogP contribution in [0.4, 0.5) is 4.79 Å². The second-order valence-electron chi connectivity index (χ2n) is 9.75. The van der Waals surface area contributed by atoms with E-state index in [0.717, 1.165) is 0 Å². The standard InChI is InChI=1S/C28H57NO13/c1-28(2,3)42-27(31)29(4)5-7-32-9-11-34-13-15-36-17-19-38-21-23-40-25-26-41-24-22-39-20-18-37-16-14-35-12-10-33-8-6-30/h30H,5-26H2,1-4H3. The molecule has 0 aliphatic heterocycles. The molecule has 0 aliphatic carbocycles. The first kappa shape index (κ1) is 40.8. The largest absolute Gasteiger partial charge is 0.444 e. The Morgan fingerprint density at radius 3 is 0.952 bits per heavy atom. The molecule has 0 aliphatic rings. The van der Waals surface area contributed by atoms with Crippen LogP contribution in [0.15, 0.2) is 0 Å². The molecule has 0 fully saturated rings. The van der Waals surface area contributed by atoms with E-state index < -0.39 is 5.60 Å². The molecule has 0 saturated heterocycles. The molecule has 14 heteroatoms. The zero-order valence-electron chi connectivity index (χ0n) is 26.3. The molecule has 252 valence electrons. The van der Waals surface area contributed by atoms with Gasteiger partial charge in [0.05, 0.1) is 139 Å². The summed E-state index contributed by atoms with van der Waals surface area (Å²) in [6, 6.07) is 0. The molecule has 0 heterocycles. The van der Waals surface area contributed by atoms with Crippen molar-refractivity contribution in [3.63, 3.8) is 0 Å². The van der Waals surface area contributed by atoms with Crippen LogP contribution in [0.2, 0.25) is 0 Å². The quantitative estimate of drug-likeness (QED) is 0.108. The Labute approximate surface area is 252 Å². The molecule has 0 aromatic rings. The lowest BCUT2D eigenvalue weighted by molar-refractivity contribution is -0.0270. The number of nitrogens with zero attached hydrogens (tertiary/aromatic N) is 1. The normalized spacial score (nSPS) is 11.7. The third kappa shape index (κ3) is 33.3. The van der Waals surface area contributed by atoms with Gasteiger partial charge in [0.25, 0.3) is 0 Å². The molecule has 42 heavy (non-hydrogen) atoms. The number of aliphatic hydroxyl groups excluding tert-OH is 1. The minimum atomic E-state index is -0.509. The maximum atomic E-state index is 11.8. The summed E-state index contributed by atoms with van der Waals surface area (Å²) < 4.78 is 59.2. The molecule has 0 radical (unpaired) electrons. The number of ether oxygens (including phenoxy) is 11. The monoisotopic (exact) mass is 615 g/mol. The lowest BCUT2D eigenvalue weighted by Crippen LogP contribution is -2.36. The highest BCUT2D eigenvalue weighted by molar-refractivity contribution is 5.67. The van der Waals surface area contributed by atoms with Gasteiger partial charge in [-0.3, -0.25) is 0 Å². The van der Waals surface area contributed by atoms with Crippen LogP contribution in [0.1, 0.15) is 20.8 Å². The van der Waals surface area contributed by atoms with Crippen LogP contribution in [0.5, 0.6) is 0 Å². The molecule has 0 spiro atoms. The average Bonchev–Trinajstić information content (AvgIpc) is 2.95. The van der Waals surface area contributed by atoms with E-state index in [-0.39, 0.29) is 12.7 Å². The lowest BCUT2D eigenvalue weighted by atomic mass is 10.2. The summed E-state index contributed by atoms with van der Waals surface area (Å²) in [4.78, 5) is 13.3. The van der Waals surface area contributed by atoms with Gasteiger partial charge < -0.3 is 62.1 Å². The molecule has 0 rings (SSSR count). The predicted octanol–water partition coefficient (Wildman–Crippen LogP) is 1.01. The minimum absolute atomic E-state index is 0.0225. The Kier molecular flexibility index (Phi) is 30.4. The zero-order valence-corrected chi connectivity index (χ0v) is 26.3. The van der Waals surface area contributed by atoms with Crippen LogP contribution in [0.3, 0.4) is 0 Å². The molecule has 14 nitrogen and oxygen atoms in total. The van der Waals surface area contributed by atoms with E-state index in [1.807, 2.05) is 20.8 Å². The smallest absolute Gasteiger partial charge is 0.410 e. The molecule has 0 aromatic heterocycles. The molecule has 1 N–H and O–H groups in total. The molecule has 0 saturated carbocycles. The molecule has 0 bridgehead atoms. The fourth-order valence-corrected chi connectivity index (χ4v) is 2.78. The maximum absolute atomic E-state index is 11.8. The third-order valence-electron chi connectivity index (χ3n) is 4.86. The number of likely N-dealkylation sites (N-methyl/N-ethyl adjacent to an activating group) is 1. The SMILES string of the molecule is CN(CCOCCOCCOCCOCCOCCOCCOCCOCCOCCOCCO)C(=O)OC(C)(C)C. The number of rotatable bonds is 32.